The molecular formula is C22H23N3O3. The molecule has 0 atom stereocenters. The highest BCUT2D eigenvalue weighted by Gasteiger charge is 2.26. The lowest BCUT2D eigenvalue weighted by Crippen LogP contribution is -2.40. The van der Waals surface area contributed by atoms with Crippen LogP contribution < -0.4 is 4.74 Å². The monoisotopic (exact) mass is 377 g/mol. The number of ketones is 1. The Morgan fingerprint density at radius 3 is 2.50 bits per heavy atom. The van der Waals surface area contributed by atoms with Gasteiger partial charge in [-0.1, -0.05) is 12.1 Å². The summed E-state index contributed by atoms with van der Waals surface area (Å²) < 4.78 is 5.59. The number of carbonyl (C=O) groups is 2. The highest BCUT2D eigenvalue weighted by atomic mass is 16.5. The first kappa shape index (κ1) is 18.2. The lowest BCUT2D eigenvalue weighted by atomic mass is 9.96. The number of aromatic amines is 1. The molecule has 28 heavy (non-hydrogen) atoms. The van der Waals surface area contributed by atoms with E-state index in [1.165, 1.54) is 6.92 Å². The van der Waals surface area contributed by atoms with Crippen molar-refractivity contribution in [3.63, 3.8) is 0 Å². The van der Waals surface area contributed by atoms with Crippen LogP contribution in [0.2, 0.25) is 0 Å². The molecule has 1 amide bonds. The number of H-pyrrole nitrogens is 1. The zero-order valence-corrected chi connectivity index (χ0v) is 15.9. The zero-order chi connectivity index (χ0) is 19.5. The van der Waals surface area contributed by atoms with Crippen molar-refractivity contribution in [2.75, 3.05) is 19.7 Å². The number of hydrogen-bond acceptors (Lipinski definition) is 4. The van der Waals surface area contributed by atoms with E-state index >= 15 is 0 Å². The van der Waals surface area contributed by atoms with E-state index in [0.29, 0.717) is 30.3 Å². The molecule has 0 radical (unpaired) electrons. The van der Waals surface area contributed by atoms with Crippen molar-refractivity contribution in [3.8, 4) is 5.75 Å². The number of piperidine rings is 1. The zero-order valence-electron chi connectivity index (χ0n) is 15.9. The smallest absolute Gasteiger partial charge is 0.260 e. The summed E-state index contributed by atoms with van der Waals surface area (Å²) in [7, 11) is 0. The fourth-order valence-electron chi connectivity index (χ4n) is 3.59. The second-order valence-electron chi connectivity index (χ2n) is 7.16. The molecule has 0 saturated carbocycles. The van der Waals surface area contributed by atoms with Crippen LogP contribution >= 0.6 is 0 Å². The second kappa shape index (κ2) is 7.84. The van der Waals surface area contributed by atoms with Crippen molar-refractivity contribution in [1.82, 2.24) is 14.9 Å². The quantitative estimate of drug-likeness (QED) is 0.690. The third-order valence-corrected chi connectivity index (χ3v) is 5.27. The van der Waals surface area contributed by atoms with Crippen molar-refractivity contribution in [3.05, 3.63) is 59.9 Å². The molecule has 0 unspecified atom stereocenters. The Hall–Kier alpha value is -3.15. The molecule has 1 aliphatic rings. The first-order chi connectivity index (χ1) is 13.6. The first-order valence-corrected chi connectivity index (χ1v) is 9.56. The van der Waals surface area contributed by atoms with E-state index in [9.17, 15) is 9.59 Å². The summed E-state index contributed by atoms with van der Waals surface area (Å²) in [6.45, 7) is 2.93. The number of carbonyl (C=O) groups excluding carboxylic acids is 2. The summed E-state index contributed by atoms with van der Waals surface area (Å²) >= 11 is 0. The van der Waals surface area contributed by atoms with Crippen LogP contribution in [0.1, 0.15) is 41.9 Å². The van der Waals surface area contributed by atoms with Crippen LogP contribution in [-0.2, 0) is 4.79 Å². The Labute approximate surface area is 163 Å². The van der Waals surface area contributed by atoms with E-state index in [1.54, 1.807) is 24.3 Å². The summed E-state index contributed by atoms with van der Waals surface area (Å²) in [6, 6.07) is 14.9. The molecule has 0 spiro atoms. The van der Waals surface area contributed by atoms with E-state index in [0.717, 1.165) is 29.7 Å². The number of likely N-dealkylation sites (tertiary alicyclic amines) is 1. The average Bonchev–Trinajstić information content (AvgIpc) is 3.16. The summed E-state index contributed by atoms with van der Waals surface area (Å²) in [4.78, 5) is 33.7. The van der Waals surface area contributed by atoms with E-state index in [4.69, 9.17) is 9.72 Å². The van der Waals surface area contributed by atoms with Gasteiger partial charge in [0.1, 0.15) is 11.6 Å². The number of hydrogen-bond donors (Lipinski definition) is 1. The normalized spacial score (nSPS) is 15.0. The fraction of sp³-hybridized carbons (Fsp3) is 0.318. The maximum Gasteiger partial charge on any atom is 0.260 e. The SMILES string of the molecule is CC(=O)c1ccc(OCC(=O)N2CCC(c3nc4ccccc4[nH]3)CC2)cc1. The molecule has 6 nitrogen and oxygen atoms in total. The number of para-hydroxylation sites is 2. The van der Waals surface area contributed by atoms with Gasteiger partial charge in [-0.2, -0.15) is 0 Å². The van der Waals surface area contributed by atoms with E-state index in [1.807, 2.05) is 29.2 Å². The summed E-state index contributed by atoms with van der Waals surface area (Å²) in [5, 5.41) is 0. The van der Waals surface area contributed by atoms with Crippen LogP contribution in [0.15, 0.2) is 48.5 Å². The summed E-state index contributed by atoms with van der Waals surface area (Å²) in [5.74, 6) is 1.94. The van der Waals surface area contributed by atoms with Crippen molar-refractivity contribution in [2.45, 2.75) is 25.7 Å². The minimum Gasteiger partial charge on any atom is -0.484 e. The van der Waals surface area contributed by atoms with Crippen molar-refractivity contribution >= 4 is 22.7 Å². The molecule has 4 rings (SSSR count). The van der Waals surface area contributed by atoms with Gasteiger partial charge in [-0.3, -0.25) is 9.59 Å². The van der Waals surface area contributed by atoms with Gasteiger partial charge in [0.05, 0.1) is 11.0 Å². The van der Waals surface area contributed by atoms with Crippen molar-refractivity contribution in [1.29, 1.82) is 0 Å². The molecule has 144 valence electrons. The number of imidazole rings is 1. The molecule has 1 saturated heterocycles. The van der Waals surface area contributed by atoms with Gasteiger partial charge in [-0.25, -0.2) is 4.98 Å². The minimum absolute atomic E-state index is 0.00865. The van der Waals surface area contributed by atoms with E-state index < -0.39 is 0 Å². The molecule has 0 bridgehead atoms. The molecule has 2 heterocycles. The van der Waals surface area contributed by atoms with Gasteiger partial charge in [0.25, 0.3) is 5.91 Å². The molecular weight excluding hydrogens is 354 g/mol. The Balaban J connectivity index is 1.29. The van der Waals surface area contributed by atoms with E-state index in [2.05, 4.69) is 4.98 Å². The van der Waals surface area contributed by atoms with Gasteiger partial charge in [0, 0.05) is 24.6 Å². The number of nitrogens with one attached hydrogen (secondary N) is 1. The average molecular weight is 377 g/mol. The van der Waals surface area contributed by atoms with Crippen LogP contribution in [0, 0.1) is 0 Å². The second-order valence-corrected chi connectivity index (χ2v) is 7.16. The molecule has 1 N–H and O–H groups in total. The largest absolute Gasteiger partial charge is 0.484 e. The molecule has 1 aliphatic heterocycles. The highest BCUT2D eigenvalue weighted by molar-refractivity contribution is 5.94. The molecule has 6 heteroatoms. The minimum atomic E-state index is -0.0151. The predicted molar refractivity (Wildman–Crippen MR) is 107 cm³/mol. The van der Waals surface area contributed by atoms with Gasteiger partial charge in [-0.15, -0.1) is 0 Å². The van der Waals surface area contributed by atoms with Crippen molar-refractivity contribution in [2.24, 2.45) is 0 Å². The summed E-state index contributed by atoms with van der Waals surface area (Å²) in [6.07, 6.45) is 1.78. The number of rotatable bonds is 5. The van der Waals surface area contributed by atoms with Crippen LogP contribution in [0.25, 0.3) is 11.0 Å². The Morgan fingerprint density at radius 1 is 1.11 bits per heavy atom. The maximum absolute atomic E-state index is 12.5. The maximum atomic E-state index is 12.5. The third kappa shape index (κ3) is 3.91. The van der Waals surface area contributed by atoms with Gasteiger partial charge in [0.15, 0.2) is 12.4 Å². The Kier molecular flexibility index (Phi) is 5.10. The number of nitrogens with zero attached hydrogens (tertiary/aromatic N) is 2. The van der Waals surface area contributed by atoms with Crippen LogP contribution in [-0.4, -0.2) is 46.3 Å². The number of amides is 1. The molecule has 0 aliphatic carbocycles. The number of aromatic nitrogens is 2. The molecule has 3 aromatic rings. The van der Waals surface area contributed by atoms with Gasteiger partial charge in [-0.05, 0) is 56.2 Å². The molecule has 2 aromatic carbocycles. The highest BCUT2D eigenvalue weighted by Crippen LogP contribution is 2.27. The van der Waals surface area contributed by atoms with Crippen LogP contribution in [0.4, 0.5) is 0 Å². The lowest BCUT2D eigenvalue weighted by molar-refractivity contribution is -0.134. The van der Waals surface area contributed by atoms with E-state index in [-0.39, 0.29) is 18.3 Å². The van der Waals surface area contributed by atoms with Crippen molar-refractivity contribution < 1.29 is 14.3 Å². The van der Waals surface area contributed by atoms with Gasteiger partial charge < -0.3 is 14.6 Å². The molecule has 1 fully saturated rings. The fourth-order valence-corrected chi connectivity index (χ4v) is 3.59. The van der Waals surface area contributed by atoms with Crippen LogP contribution in [0.5, 0.6) is 5.75 Å². The number of fused-ring (bicyclic) bond motifs is 1. The third-order valence-electron chi connectivity index (χ3n) is 5.27. The van der Waals surface area contributed by atoms with Gasteiger partial charge >= 0.3 is 0 Å². The van der Waals surface area contributed by atoms with Crippen LogP contribution in [0.3, 0.4) is 0 Å². The Morgan fingerprint density at radius 2 is 1.82 bits per heavy atom. The Bertz CT molecular complexity index is 953. The topological polar surface area (TPSA) is 75.3 Å². The number of benzene rings is 2. The predicted octanol–water partition coefficient (Wildman–Crippen LogP) is 3.55. The summed E-state index contributed by atoms with van der Waals surface area (Å²) in [5.41, 5.74) is 2.67. The number of Topliss-reactive ketones (excluding diaryl/α,β-unsaturated/α-hetero) is 1. The van der Waals surface area contributed by atoms with Gasteiger partial charge in [0.2, 0.25) is 0 Å². The first-order valence-electron chi connectivity index (χ1n) is 9.56. The lowest BCUT2D eigenvalue weighted by Gasteiger charge is -2.31. The standard InChI is InChI=1S/C22H23N3O3/c1-15(26)16-6-8-18(9-7-16)28-14-21(27)25-12-10-17(11-13-25)22-23-19-4-2-3-5-20(19)24-22/h2-9,17H,10-14H2,1H3,(H,23,24). The molecule has 1 aromatic heterocycles. The number of ether oxygens (including phenoxy) is 1.